The van der Waals surface area contributed by atoms with Gasteiger partial charge in [-0.25, -0.2) is 0 Å². The Morgan fingerprint density at radius 3 is 2.29 bits per heavy atom. The molecule has 0 amide bonds. The standard InChI is InChI=1S/C18H14ClF3N2/c19-15-9-12(3-5-14(15)17(11-23)7-8-17)1-2-13-4-6-16(24-10-13)18(20,21)22/h3-6,9-10H,7-8,11,23H2. The van der Waals surface area contributed by atoms with Gasteiger partial charge in [-0.05, 0) is 42.7 Å². The largest absolute Gasteiger partial charge is 0.433 e. The van der Waals surface area contributed by atoms with Crippen LogP contribution in [-0.2, 0) is 11.6 Å². The van der Waals surface area contributed by atoms with Gasteiger partial charge in [0, 0.05) is 34.3 Å². The third kappa shape index (κ3) is 3.40. The second-order valence-corrected chi connectivity index (χ2v) is 6.27. The van der Waals surface area contributed by atoms with E-state index in [4.69, 9.17) is 17.3 Å². The number of alkyl halides is 3. The molecule has 1 aliphatic carbocycles. The van der Waals surface area contributed by atoms with Gasteiger partial charge >= 0.3 is 6.18 Å². The van der Waals surface area contributed by atoms with Crippen molar-refractivity contribution in [2.24, 2.45) is 5.73 Å². The summed E-state index contributed by atoms with van der Waals surface area (Å²) in [4.78, 5) is 3.38. The van der Waals surface area contributed by atoms with Crippen LogP contribution in [-0.4, -0.2) is 11.5 Å². The normalized spacial score (nSPS) is 15.5. The molecule has 1 heterocycles. The fourth-order valence-electron chi connectivity index (χ4n) is 2.54. The average molecular weight is 351 g/mol. The maximum atomic E-state index is 12.5. The minimum Gasteiger partial charge on any atom is -0.330 e. The zero-order valence-electron chi connectivity index (χ0n) is 12.6. The molecular weight excluding hydrogens is 337 g/mol. The summed E-state index contributed by atoms with van der Waals surface area (Å²) in [5.41, 5.74) is 7.01. The summed E-state index contributed by atoms with van der Waals surface area (Å²) in [6, 6.07) is 7.75. The molecule has 1 fully saturated rings. The molecule has 6 heteroatoms. The summed E-state index contributed by atoms with van der Waals surface area (Å²) in [5.74, 6) is 5.68. The average Bonchev–Trinajstić information content (AvgIpc) is 3.33. The molecule has 2 N–H and O–H groups in total. The molecule has 3 rings (SSSR count). The maximum absolute atomic E-state index is 12.5. The number of nitrogens with zero attached hydrogens (tertiary/aromatic N) is 1. The molecule has 24 heavy (non-hydrogen) atoms. The van der Waals surface area contributed by atoms with Crippen molar-refractivity contribution in [3.8, 4) is 11.8 Å². The quantitative estimate of drug-likeness (QED) is 0.827. The summed E-state index contributed by atoms with van der Waals surface area (Å²) < 4.78 is 37.4. The zero-order valence-corrected chi connectivity index (χ0v) is 13.4. The lowest BCUT2D eigenvalue weighted by molar-refractivity contribution is -0.141. The summed E-state index contributed by atoms with van der Waals surface area (Å²) in [7, 11) is 0. The van der Waals surface area contributed by atoms with Crippen LogP contribution in [0.15, 0.2) is 36.5 Å². The van der Waals surface area contributed by atoms with Gasteiger partial charge < -0.3 is 5.73 Å². The molecule has 0 atom stereocenters. The third-order valence-electron chi connectivity index (χ3n) is 4.19. The van der Waals surface area contributed by atoms with Crippen molar-refractivity contribution in [3.05, 3.63) is 63.9 Å². The van der Waals surface area contributed by atoms with Gasteiger partial charge in [0.25, 0.3) is 0 Å². The molecule has 1 aromatic heterocycles. The second-order valence-electron chi connectivity index (χ2n) is 5.86. The maximum Gasteiger partial charge on any atom is 0.433 e. The summed E-state index contributed by atoms with van der Waals surface area (Å²) in [6.07, 6.45) is -1.27. The van der Waals surface area contributed by atoms with E-state index in [0.29, 0.717) is 22.7 Å². The topological polar surface area (TPSA) is 38.9 Å². The predicted molar refractivity (Wildman–Crippen MR) is 86.6 cm³/mol. The first-order chi connectivity index (χ1) is 11.3. The molecule has 1 saturated carbocycles. The number of pyridine rings is 1. The number of nitrogens with two attached hydrogens (primary N) is 1. The van der Waals surface area contributed by atoms with E-state index >= 15 is 0 Å². The Bertz CT molecular complexity index is 813. The van der Waals surface area contributed by atoms with Crippen molar-refractivity contribution >= 4 is 11.6 Å². The van der Waals surface area contributed by atoms with Crippen LogP contribution in [0.3, 0.4) is 0 Å². The molecule has 0 saturated heterocycles. The van der Waals surface area contributed by atoms with E-state index in [0.717, 1.165) is 30.7 Å². The lowest BCUT2D eigenvalue weighted by Gasteiger charge is -2.14. The predicted octanol–water partition coefficient (Wildman–Crippen LogP) is 4.14. The number of rotatable bonds is 2. The Labute approximate surface area is 142 Å². The molecule has 0 spiro atoms. The summed E-state index contributed by atoms with van der Waals surface area (Å²) in [5, 5.41) is 0.621. The molecule has 2 aromatic rings. The lowest BCUT2D eigenvalue weighted by atomic mass is 9.95. The van der Waals surface area contributed by atoms with E-state index in [1.807, 2.05) is 12.1 Å². The highest BCUT2D eigenvalue weighted by Gasteiger charge is 2.44. The Hall–Kier alpha value is -2.03. The van der Waals surface area contributed by atoms with Gasteiger partial charge in [-0.2, -0.15) is 13.2 Å². The fourth-order valence-corrected chi connectivity index (χ4v) is 2.92. The number of hydrogen-bond donors (Lipinski definition) is 1. The summed E-state index contributed by atoms with van der Waals surface area (Å²) in [6.45, 7) is 0.564. The van der Waals surface area contributed by atoms with E-state index in [2.05, 4.69) is 16.8 Å². The van der Waals surface area contributed by atoms with Crippen molar-refractivity contribution in [1.29, 1.82) is 0 Å². The minimum absolute atomic E-state index is 0.000385. The molecule has 124 valence electrons. The van der Waals surface area contributed by atoms with Gasteiger partial charge in [-0.1, -0.05) is 29.5 Å². The first-order valence-electron chi connectivity index (χ1n) is 7.39. The lowest BCUT2D eigenvalue weighted by Crippen LogP contribution is -2.20. The number of aromatic nitrogens is 1. The van der Waals surface area contributed by atoms with Crippen LogP contribution in [0.25, 0.3) is 0 Å². The first-order valence-corrected chi connectivity index (χ1v) is 7.77. The van der Waals surface area contributed by atoms with Crippen LogP contribution in [0.1, 0.15) is 35.2 Å². The van der Waals surface area contributed by atoms with Crippen LogP contribution in [0.2, 0.25) is 5.02 Å². The van der Waals surface area contributed by atoms with Crippen LogP contribution in [0.4, 0.5) is 13.2 Å². The molecule has 1 aliphatic rings. The van der Waals surface area contributed by atoms with E-state index in [9.17, 15) is 13.2 Å². The monoisotopic (exact) mass is 350 g/mol. The second kappa shape index (κ2) is 6.12. The van der Waals surface area contributed by atoms with Crippen molar-refractivity contribution < 1.29 is 13.2 Å². The highest BCUT2D eigenvalue weighted by Crippen LogP contribution is 2.49. The van der Waals surface area contributed by atoms with Crippen molar-refractivity contribution in [1.82, 2.24) is 4.98 Å². The Morgan fingerprint density at radius 2 is 1.79 bits per heavy atom. The van der Waals surface area contributed by atoms with Gasteiger partial charge in [-0.15, -0.1) is 0 Å². The smallest absolute Gasteiger partial charge is 0.330 e. The van der Waals surface area contributed by atoms with Gasteiger partial charge in [0.2, 0.25) is 0 Å². The molecule has 0 radical (unpaired) electrons. The molecular formula is C18H14ClF3N2. The Morgan fingerprint density at radius 1 is 1.12 bits per heavy atom. The van der Waals surface area contributed by atoms with Gasteiger partial charge in [0.1, 0.15) is 5.69 Å². The third-order valence-corrected chi connectivity index (χ3v) is 4.50. The van der Waals surface area contributed by atoms with E-state index in [1.54, 1.807) is 6.07 Å². The number of benzene rings is 1. The van der Waals surface area contributed by atoms with E-state index in [-0.39, 0.29) is 5.41 Å². The van der Waals surface area contributed by atoms with E-state index < -0.39 is 11.9 Å². The van der Waals surface area contributed by atoms with Gasteiger partial charge in [0.05, 0.1) is 0 Å². The Balaban J connectivity index is 1.80. The van der Waals surface area contributed by atoms with Gasteiger partial charge in [0.15, 0.2) is 0 Å². The van der Waals surface area contributed by atoms with Gasteiger partial charge in [-0.3, -0.25) is 4.98 Å². The molecule has 1 aromatic carbocycles. The number of halogens is 4. The minimum atomic E-state index is -4.45. The molecule has 2 nitrogen and oxygen atoms in total. The van der Waals surface area contributed by atoms with Crippen LogP contribution in [0.5, 0.6) is 0 Å². The van der Waals surface area contributed by atoms with Crippen molar-refractivity contribution in [3.63, 3.8) is 0 Å². The number of hydrogen-bond acceptors (Lipinski definition) is 2. The summed E-state index contributed by atoms with van der Waals surface area (Å²) >= 11 is 6.32. The zero-order chi connectivity index (χ0) is 17.4. The van der Waals surface area contributed by atoms with Crippen molar-refractivity contribution in [2.45, 2.75) is 24.4 Å². The first kappa shape index (κ1) is 16.8. The highest BCUT2D eigenvalue weighted by atomic mass is 35.5. The molecule has 0 unspecified atom stereocenters. The highest BCUT2D eigenvalue weighted by molar-refractivity contribution is 6.31. The SMILES string of the molecule is NCC1(c2ccc(C#Cc3ccc(C(F)(F)F)nc3)cc2Cl)CC1. The van der Waals surface area contributed by atoms with Crippen LogP contribution in [0, 0.1) is 11.8 Å². The fraction of sp³-hybridized carbons (Fsp3) is 0.278. The van der Waals surface area contributed by atoms with Crippen LogP contribution >= 0.6 is 11.6 Å². The van der Waals surface area contributed by atoms with E-state index in [1.165, 1.54) is 6.07 Å². The molecule has 0 bridgehead atoms. The Kier molecular flexibility index (Phi) is 4.29. The van der Waals surface area contributed by atoms with Crippen molar-refractivity contribution in [2.75, 3.05) is 6.54 Å². The van der Waals surface area contributed by atoms with Crippen LogP contribution < -0.4 is 5.73 Å². The molecule has 0 aliphatic heterocycles.